The number of para-hydroxylation sites is 1. The molecule has 0 unspecified atom stereocenters. The molecule has 0 radical (unpaired) electrons. The number of carbonyl (C=O) groups is 1. The summed E-state index contributed by atoms with van der Waals surface area (Å²) in [6.45, 7) is 2.64. The molecular formula is C15H13N3O. The fourth-order valence-electron chi connectivity index (χ4n) is 2.21. The zero-order chi connectivity index (χ0) is 13.2. The molecule has 0 amide bonds. The Balaban J connectivity index is 2.17. The molecule has 0 fully saturated rings. The Kier molecular flexibility index (Phi) is 2.83. The van der Waals surface area contributed by atoms with Crippen molar-refractivity contribution in [1.82, 2.24) is 14.8 Å². The summed E-state index contributed by atoms with van der Waals surface area (Å²) in [4.78, 5) is 16.9. The quantitative estimate of drug-likeness (QED) is 0.672. The molecule has 0 N–H and O–H groups in total. The summed E-state index contributed by atoms with van der Waals surface area (Å²) in [5, 5.41) is 5.02. The van der Waals surface area contributed by atoms with Crippen molar-refractivity contribution >= 4 is 16.7 Å². The summed E-state index contributed by atoms with van der Waals surface area (Å²) in [6, 6.07) is 11.2. The lowest BCUT2D eigenvalue weighted by Gasteiger charge is -2.06. The van der Waals surface area contributed by atoms with Crippen LogP contribution in [0.15, 0.2) is 48.8 Å². The highest BCUT2D eigenvalue weighted by atomic mass is 16.1. The predicted molar refractivity (Wildman–Crippen MR) is 73.1 cm³/mol. The zero-order valence-corrected chi connectivity index (χ0v) is 10.6. The maximum Gasteiger partial charge on any atom is 0.211 e. The summed E-state index contributed by atoms with van der Waals surface area (Å²) in [6.07, 6.45) is 3.32. The van der Waals surface area contributed by atoms with Crippen LogP contribution in [-0.2, 0) is 6.54 Å². The molecule has 0 aliphatic heterocycles. The Morgan fingerprint density at radius 1 is 1.16 bits per heavy atom. The fraction of sp³-hybridized carbons (Fsp3) is 0.133. The van der Waals surface area contributed by atoms with Crippen molar-refractivity contribution in [2.75, 3.05) is 0 Å². The minimum Gasteiger partial charge on any atom is -0.287 e. The number of hydrogen-bond acceptors (Lipinski definition) is 3. The third-order valence-corrected chi connectivity index (χ3v) is 3.14. The van der Waals surface area contributed by atoms with Crippen molar-refractivity contribution < 1.29 is 4.79 Å². The van der Waals surface area contributed by atoms with Crippen LogP contribution >= 0.6 is 0 Å². The standard InChI is InChI=1S/C15H13N3O/c1-2-18-14(8-10-17-18)15(19)12-7-9-16-13-6-4-3-5-11(12)13/h3-10H,2H2,1H3. The number of carbonyl (C=O) groups excluding carboxylic acids is 1. The second-order valence-corrected chi connectivity index (χ2v) is 4.24. The van der Waals surface area contributed by atoms with Crippen LogP contribution in [0, 0.1) is 0 Å². The molecule has 0 aliphatic rings. The molecule has 3 rings (SSSR count). The topological polar surface area (TPSA) is 47.8 Å². The molecule has 0 saturated carbocycles. The number of rotatable bonds is 3. The van der Waals surface area contributed by atoms with Gasteiger partial charge in [0.1, 0.15) is 5.69 Å². The highest BCUT2D eigenvalue weighted by Crippen LogP contribution is 2.19. The molecule has 0 bridgehead atoms. The van der Waals surface area contributed by atoms with Crippen LogP contribution in [-0.4, -0.2) is 20.5 Å². The van der Waals surface area contributed by atoms with Gasteiger partial charge >= 0.3 is 0 Å². The first-order chi connectivity index (χ1) is 9.31. The van der Waals surface area contributed by atoms with Gasteiger partial charge in [0, 0.05) is 29.9 Å². The first-order valence-electron chi connectivity index (χ1n) is 6.21. The molecule has 1 aromatic carbocycles. The van der Waals surface area contributed by atoms with E-state index in [1.807, 2.05) is 31.2 Å². The van der Waals surface area contributed by atoms with Crippen LogP contribution in [0.3, 0.4) is 0 Å². The monoisotopic (exact) mass is 251 g/mol. The maximum absolute atomic E-state index is 12.6. The van der Waals surface area contributed by atoms with Gasteiger partial charge in [-0.15, -0.1) is 0 Å². The van der Waals surface area contributed by atoms with Crippen LogP contribution in [0.5, 0.6) is 0 Å². The van der Waals surface area contributed by atoms with E-state index >= 15 is 0 Å². The highest BCUT2D eigenvalue weighted by Gasteiger charge is 2.16. The van der Waals surface area contributed by atoms with Crippen LogP contribution in [0.2, 0.25) is 0 Å². The van der Waals surface area contributed by atoms with Gasteiger partial charge in [0.05, 0.1) is 5.52 Å². The van der Waals surface area contributed by atoms with Gasteiger partial charge in [0.2, 0.25) is 5.78 Å². The van der Waals surface area contributed by atoms with Gasteiger partial charge in [-0.25, -0.2) is 0 Å². The van der Waals surface area contributed by atoms with Gasteiger partial charge in [-0.2, -0.15) is 5.10 Å². The third-order valence-electron chi connectivity index (χ3n) is 3.14. The van der Waals surface area contributed by atoms with E-state index in [9.17, 15) is 4.79 Å². The number of fused-ring (bicyclic) bond motifs is 1. The van der Waals surface area contributed by atoms with Gasteiger partial charge in [0.25, 0.3) is 0 Å². The lowest BCUT2D eigenvalue weighted by molar-refractivity contribution is 0.103. The van der Waals surface area contributed by atoms with E-state index in [2.05, 4.69) is 10.1 Å². The Labute approximate surface area is 110 Å². The second kappa shape index (κ2) is 4.65. The van der Waals surface area contributed by atoms with Crippen molar-refractivity contribution in [3.8, 4) is 0 Å². The molecular weight excluding hydrogens is 238 g/mol. The van der Waals surface area contributed by atoms with Crippen LogP contribution in [0.1, 0.15) is 23.0 Å². The first kappa shape index (κ1) is 11.6. The van der Waals surface area contributed by atoms with Crippen molar-refractivity contribution in [2.24, 2.45) is 0 Å². The summed E-state index contributed by atoms with van der Waals surface area (Å²) in [7, 11) is 0. The molecule has 4 nitrogen and oxygen atoms in total. The van der Waals surface area contributed by atoms with E-state index in [0.29, 0.717) is 17.8 Å². The Morgan fingerprint density at radius 3 is 2.84 bits per heavy atom. The minimum absolute atomic E-state index is 0.0158. The largest absolute Gasteiger partial charge is 0.287 e. The fourth-order valence-corrected chi connectivity index (χ4v) is 2.21. The average Bonchev–Trinajstić information content (AvgIpc) is 2.94. The molecule has 0 aliphatic carbocycles. The zero-order valence-electron chi connectivity index (χ0n) is 10.6. The number of aromatic nitrogens is 3. The third kappa shape index (κ3) is 1.91. The second-order valence-electron chi connectivity index (χ2n) is 4.24. The van der Waals surface area contributed by atoms with E-state index < -0.39 is 0 Å². The maximum atomic E-state index is 12.6. The Bertz CT molecular complexity index is 740. The molecule has 94 valence electrons. The molecule has 2 heterocycles. The number of nitrogens with zero attached hydrogens (tertiary/aromatic N) is 3. The van der Waals surface area contributed by atoms with E-state index in [1.54, 1.807) is 29.2 Å². The first-order valence-corrected chi connectivity index (χ1v) is 6.21. The van der Waals surface area contributed by atoms with Gasteiger partial charge in [-0.1, -0.05) is 18.2 Å². The molecule has 4 heteroatoms. The van der Waals surface area contributed by atoms with E-state index in [-0.39, 0.29) is 5.78 Å². The molecule has 0 saturated heterocycles. The van der Waals surface area contributed by atoms with E-state index in [4.69, 9.17) is 0 Å². The number of pyridine rings is 1. The lowest BCUT2D eigenvalue weighted by Crippen LogP contribution is -2.11. The Hall–Kier alpha value is -2.49. The van der Waals surface area contributed by atoms with Crippen LogP contribution in [0.4, 0.5) is 0 Å². The molecule has 19 heavy (non-hydrogen) atoms. The van der Waals surface area contributed by atoms with Crippen LogP contribution < -0.4 is 0 Å². The van der Waals surface area contributed by atoms with Crippen LogP contribution in [0.25, 0.3) is 10.9 Å². The molecule has 0 spiro atoms. The number of ketones is 1. The van der Waals surface area contributed by atoms with Crippen molar-refractivity contribution in [3.05, 3.63) is 60.0 Å². The molecule has 0 atom stereocenters. The van der Waals surface area contributed by atoms with Crippen molar-refractivity contribution in [2.45, 2.75) is 13.5 Å². The summed E-state index contributed by atoms with van der Waals surface area (Å²) < 4.78 is 1.71. The predicted octanol–water partition coefficient (Wildman–Crippen LogP) is 2.68. The highest BCUT2D eigenvalue weighted by molar-refractivity contribution is 6.15. The lowest BCUT2D eigenvalue weighted by atomic mass is 10.0. The number of benzene rings is 1. The van der Waals surface area contributed by atoms with Gasteiger partial charge in [-0.05, 0) is 25.1 Å². The Morgan fingerprint density at radius 2 is 2.00 bits per heavy atom. The molecule has 3 aromatic rings. The van der Waals surface area contributed by atoms with E-state index in [1.165, 1.54) is 0 Å². The van der Waals surface area contributed by atoms with E-state index in [0.717, 1.165) is 10.9 Å². The summed E-state index contributed by atoms with van der Waals surface area (Å²) >= 11 is 0. The number of hydrogen-bond donors (Lipinski definition) is 0. The minimum atomic E-state index is -0.0158. The van der Waals surface area contributed by atoms with Crippen molar-refractivity contribution in [3.63, 3.8) is 0 Å². The average molecular weight is 251 g/mol. The molecule has 2 aromatic heterocycles. The van der Waals surface area contributed by atoms with Gasteiger partial charge in [-0.3, -0.25) is 14.5 Å². The summed E-state index contributed by atoms with van der Waals surface area (Å²) in [5.74, 6) is -0.0158. The SMILES string of the molecule is CCn1nccc1C(=O)c1ccnc2ccccc12. The van der Waals surface area contributed by atoms with Gasteiger partial charge in [0.15, 0.2) is 0 Å². The van der Waals surface area contributed by atoms with Crippen molar-refractivity contribution in [1.29, 1.82) is 0 Å². The van der Waals surface area contributed by atoms with Gasteiger partial charge < -0.3 is 0 Å². The smallest absolute Gasteiger partial charge is 0.211 e. The number of aryl methyl sites for hydroxylation is 1. The summed E-state index contributed by atoms with van der Waals surface area (Å²) in [5.41, 5.74) is 2.11. The normalized spacial score (nSPS) is 10.8.